The normalized spacial score (nSPS) is 32.3. The molecule has 5 nitrogen and oxygen atoms in total. The second-order valence-corrected chi connectivity index (χ2v) is 8.22. The topological polar surface area (TPSA) is 56.9 Å². The van der Waals surface area contributed by atoms with Gasteiger partial charge in [-0.2, -0.15) is 0 Å². The molecule has 5 rings (SSSR count). The molecule has 0 radical (unpaired) electrons. The molecule has 3 heterocycles. The van der Waals surface area contributed by atoms with Crippen LogP contribution in [0.3, 0.4) is 0 Å². The summed E-state index contributed by atoms with van der Waals surface area (Å²) in [6, 6.07) is 7.92. The highest BCUT2D eigenvalue weighted by Crippen LogP contribution is 2.39. The molecule has 1 aromatic carbocycles. The highest BCUT2D eigenvalue weighted by atomic mass is 16.3. The second-order valence-electron chi connectivity index (χ2n) is 8.22. The number of hydrogen-bond acceptors (Lipinski definition) is 4. The number of hydrogen-bond donors (Lipinski definition) is 1. The van der Waals surface area contributed by atoms with E-state index in [0.29, 0.717) is 23.0 Å². The third kappa shape index (κ3) is 2.65. The molecule has 0 spiro atoms. The molecule has 138 valence electrons. The van der Waals surface area contributed by atoms with Crippen molar-refractivity contribution in [2.75, 3.05) is 26.2 Å². The van der Waals surface area contributed by atoms with Crippen LogP contribution in [0, 0.1) is 11.8 Å². The molecule has 1 amide bonds. The average molecular weight is 354 g/mol. The Morgan fingerprint density at radius 3 is 2.65 bits per heavy atom. The van der Waals surface area contributed by atoms with Gasteiger partial charge in [-0.25, -0.2) is 0 Å². The van der Waals surface area contributed by atoms with Crippen LogP contribution in [0.1, 0.15) is 36.0 Å². The predicted molar refractivity (Wildman–Crippen MR) is 98.9 cm³/mol. The van der Waals surface area contributed by atoms with Gasteiger partial charge in [-0.05, 0) is 62.7 Å². The van der Waals surface area contributed by atoms with Gasteiger partial charge in [-0.1, -0.05) is 12.1 Å². The Morgan fingerprint density at radius 2 is 1.85 bits per heavy atom. The molecule has 5 heteroatoms. The summed E-state index contributed by atoms with van der Waals surface area (Å²) in [5.41, 5.74) is 1.34. The van der Waals surface area contributed by atoms with Crippen molar-refractivity contribution in [1.82, 2.24) is 9.80 Å². The standard InChI is InChI=1S/C21H26N2O3/c24-19-11-16-13-23(12-15(16)10-18(19)22-7-1-2-8-22)21(25)17-5-3-4-14-6-9-26-20(14)17/h3-6,9,15-16,18-19,24H,1-2,7-8,10-13H2/t15-,16+,18-,19-/m1/s1. The quantitative estimate of drug-likeness (QED) is 0.901. The maximum Gasteiger partial charge on any atom is 0.257 e. The molecule has 0 bridgehead atoms. The van der Waals surface area contributed by atoms with Crippen LogP contribution < -0.4 is 0 Å². The van der Waals surface area contributed by atoms with E-state index in [9.17, 15) is 9.90 Å². The number of likely N-dealkylation sites (tertiary alicyclic amines) is 2. The van der Waals surface area contributed by atoms with Gasteiger partial charge in [0.1, 0.15) is 5.58 Å². The molecule has 1 aliphatic carbocycles. The van der Waals surface area contributed by atoms with Gasteiger partial charge in [0.05, 0.1) is 17.9 Å². The van der Waals surface area contributed by atoms with Gasteiger partial charge in [0, 0.05) is 24.5 Å². The Bertz CT molecular complexity index is 810. The van der Waals surface area contributed by atoms with E-state index in [1.165, 1.54) is 12.8 Å². The van der Waals surface area contributed by atoms with Crippen LogP contribution >= 0.6 is 0 Å². The fourth-order valence-corrected chi connectivity index (χ4v) is 5.37. The van der Waals surface area contributed by atoms with Crippen molar-refractivity contribution in [1.29, 1.82) is 0 Å². The van der Waals surface area contributed by atoms with Crippen LogP contribution in [0.5, 0.6) is 0 Å². The van der Waals surface area contributed by atoms with Crippen molar-refractivity contribution in [2.24, 2.45) is 11.8 Å². The first-order valence-electron chi connectivity index (χ1n) is 9.88. The summed E-state index contributed by atoms with van der Waals surface area (Å²) in [6.07, 6.45) is 5.71. The van der Waals surface area contributed by atoms with Crippen LogP contribution in [-0.2, 0) is 0 Å². The van der Waals surface area contributed by atoms with E-state index in [1.807, 2.05) is 29.2 Å². The van der Waals surface area contributed by atoms with E-state index in [0.717, 1.165) is 44.4 Å². The highest BCUT2D eigenvalue weighted by molar-refractivity contribution is 6.04. The van der Waals surface area contributed by atoms with Crippen molar-refractivity contribution in [2.45, 2.75) is 37.8 Å². The summed E-state index contributed by atoms with van der Waals surface area (Å²) < 4.78 is 5.56. The Labute approximate surface area is 153 Å². The Kier molecular flexibility index (Phi) is 4.02. The van der Waals surface area contributed by atoms with Gasteiger partial charge < -0.3 is 14.4 Å². The average Bonchev–Trinajstić information content (AvgIpc) is 3.38. The van der Waals surface area contributed by atoms with Crippen LogP contribution in [0.15, 0.2) is 34.9 Å². The van der Waals surface area contributed by atoms with Gasteiger partial charge in [-0.3, -0.25) is 9.69 Å². The number of furan rings is 1. The largest absolute Gasteiger partial charge is 0.464 e. The zero-order valence-corrected chi connectivity index (χ0v) is 15.0. The lowest BCUT2D eigenvalue weighted by molar-refractivity contribution is -0.000864. The minimum Gasteiger partial charge on any atom is -0.464 e. The Balaban J connectivity index is 1.34. The lowest BCUT2D eigenvalue weighted by atomic mass is 9.77. The van der Waals surface area contributed by atoms with Crippen LogP contribution in [0.2, 0.25) is 0 Å². The number of nitrogens with zero attached hydrogens (tertiary/aromatic N) is 2. The molecule has 26 heavy (non-hydrogen) atoms. The highest BCUT2D eigenvalue weighted by Gasteiger charge is 2.45. The maximum absolute atomic E-state index is 13.1. The number of aliphatic hydroxyl groups is 1. The third-order valence-corrected chi connectivity index (χ3v) is 6.72. The van der Waals surface area contributed by atoms with Gasteiger partial charge in [0.2, 0.25) is 0 Å². The summed E-state index contributed by atoms with van der Waals surface area (Å²) in [5, 5.41) is 11.6. The van der Waals surface area contributed by atoms with Crippen LogP contribution in [-0.4, -0.2) is 59.1 Å². The summed E-state index contributed by atoms with van der Waals surface area (Å²) in [7, 11) is 0. The fraction of sp³-hybridized carbons (Fsp3) is 0.571. The monoisotopic (exact) mass is 354 g/mol. The molecule has 0 unspecified atom stereocenters. The van der Waals surface area contributed by atoms with E-state index in [4.69, 9.17) is 4.42 Å². The maximum atomic E-state index is 13.1. The Morgan fingerprint density at radius 1 is 1.08 bits per heavy atom. The van der Waals surface area contributed by atoms with E-state index in [-0.39, 0.29) is 18.1 Å². The van der Waals surface area contributed by atoms with Gasteiger partial charge >= 0.3 is 0 Å². The van der Waals surface area contributed by atoms with E-state index in [1.54, 1.807) is 6.26 Å². The van der Waals surface area contributed by atoms with Gasteiger partial charge in [-0.15, -0.1) is 0 Å². The van der Waals surface area contributed by atoms with Gasteiger partial charge in [0.25, 0.3) is 5.91 Å². The number of carbonyl (C=O) groups excluding carboxylic acids is 1. The number of rotatable bonds is 2. The molecular formula is C21H26N2O3. The minimum atomic E-state index is -0.252. The lowest BCUT2D eigenvalue weighted by Crippen LogP contribution is -2.48. The lowest BCUT2D eigenvalue weighted by Gasteiger charge is -2.40. The molecule has 1 saturated carbocycles. The van der Waals surface area contributed by atoms with Crippen molar-refractivity contribution in [3.05, 3.63) is 36.1 Å². The zero-order valence-electron chi connectivity index (χ0n) is 15.0. The first-order valence-corrected chi connectivity index (χ1v) is 9.88. The molecular weight excluding hydrogens is 328 g/mol. The van der Waals surface area contributed by atoms with Crippen molar-refractivity contribution in [3.8, 4) is 0 Å². The van der Waals surface area contributed by atoms with Gasteiger partial charge in [0.15, 0.2) is 0 Å². The molecule has 2 aromatic rings. The Hall–Kier alpha value is -1.85. The van der Waals surface area contributed by atoms with E-state index in [2.05, 4.69) is 4.90 Å². The fourth-order valence-electron chi connectivity index (χ4n) is 5.37. The number of benzene rings is 1. The van der Waals surface area contributed by atoms with E-state index >= 15 is 0 Å². The molecule has 3 fully saturated rings. The van der Waals surface area contributed by atoms with Crippen molar-refractivity contribution in [3.63, 3.8) is 0 Å². The molecule has 2 aliphatic heterocycles. The summed E-state index contributed by atoms with van der Waals surface area (Å²) in [6.45, 7) is 3.78. The number of aliphatic hydroxyl groups excluding tert-OH is 1. The first kappa shape index (κ1) is 16.3. The first-order chi connectivity index (χ1) is 12.7. The summed E-state index contributed by atoms with van der Waals surface area (Å²) >= 11 is 0. The summed E-state index contributed by atoms with van der Waals surface area (Å²) in [5.74, 6) is 0.986. The molecule has 1 aromatic heterocycles. The second kappa shape index (κ2) is 6.39. The number of carbonyl (C=O) groups is 1. The summed E-state index contributed by atoms with van der Waals surface area (Å²) in [4.78, 5) is 17.6. The van der Waals surface area contributed by atoms with Crippen molar-refractivity contribution >= 4 is 16.9 Å². The minimum absolute atomic E-state index is 0.0622. The zero-order chi connectivity index (χ0) is 17.7. The molecule has 4 atom stereocenters. The molecule has 3 aliphatic rings. The van der Waals surface area contributed by atoms with Crippen molar-refractivity contribution < 1.29 is 14.3 Å². The molecule has 2 saturated heterocycles. The van der Waals surface area contributed by atoms with Crippen LogP contribution in [0.4, 0.5) is 0 Å². The third-order valence-electron chi connectivity index (χ3n) is 6.72. The predicted octanol–water partition coefficient (Wildman–Crippen LogP) is 2.74. The van der Waals surface area contributed by atoms with E-state index < -0.39 is 0 Å². The number of para-hydroxylation sites is 1. The smallest absolute Gasteiger partial charge is 0.257 e. The van der Waals surface area contributed by atoms with Crippen LogP contribution in [0.25, 0.3) is 11.0 Å². The number of amides is 1. The molecule has 1 N–H and O–H groups in total. The SMILES string of the molecule is O=C(c1cccc2ccoc12)N1C[C@H]2C[C@@H](N3CCCC3)[C@H](O)C[C@H]2C1. The number of fused-ring (bicyclic) bond motifs is 2.